The Morgan fingerprint density at radius 1 is 1.07 bits per heavy atom. The van der Waals surface area contributed by atoms with Crippen molar-refractivity contribution in [3.05, 3.63) is 54.6 Å². The SMILES string of the molecule is O=C(C[C@H]1CNCCO1)N1CCN(c2ccccc2-c2ccccc2)C(=O)C1. The molecular weight excluding hydrogens is 354 g/mol. The maximum absolute atomic E-state index is 12.9. The number of amides is 2. The Kier molecular flexibility index (Phi) is 5.69. The van der Waals surface area contributed by atoms with E-state index in [-0.39, 0.29) is 24.5 Å². The average molecular weight is 379 g/mol. The molecule has 146 valence electrons. The fraction of sp³-hybridized carbons (Fsp3) is 0.364. The van der Waals surface area contributed by atoms with Gasteiger partial charge in [0.2, 0.25) is 11.8 Å². The minimum absolute atomic E-state index is 0.0157. The predicted molar refractivity (Wildman–Crippen MR) is 108 cm³/mol. The molecule has 0 radical (unpaired) electrons. The second-order valence-electron chi connectivity index (χ2n) is 7.14. The third-order valence-electron chi connectivity index (χ3n) is 5.26. The van der Waals surface area contributed by atoms with E-state index in [1.807, 2.05) is 54.6 Å². The Morgan fingerprint density at radius 3 is 2.61 bits per heavy atom. The number of hydrogen-bond donors (Lipinski definition) is 1. The molecule has 0 aromatic heterocycles. The van der Waals surface area contributed by atoms with Crippen molar-refractivity contribution >= 4 is 17.5 Å². The Bertz CT molecular complexity index is 834. The first-order valence-electron chi connectivity index (χ1n) is 9.77. The lowest BCUT2D eigenvalue weighted by Gasteiger charge is -2.36. The summed E-state index contributed by atoms with van der Waals surface area (Å²) in [5, 5.41) is 3.23. The van der Waals surface area contributed by atoms with Crippen LogP contribution in [0.25, 0.3) is 11.1 Å². The van der Waals surface area contributed by atoms with Crippen LogP contribution in [0.1, 0.15) is 6.42 Å². The van der Waals surface area contributed by atoms with Crippen LogP contribution in [0.4, 0.5) is 5.69 Å². The van der Waals surface area contributed by atoms with Gasteiger partial charge in [-0.1, -0.05) is 48.5 Å². The molecule has 0 saturated carbocycles. The lowest BCUT2D eigenvalue weighted by Crippen LogP contribution is -2.53. The zero-order valence-corrected chi connectivity index (χ0v) is 15.8. The number of carbonyl (C=O) groups excluding carboxylic acids is 2. The monoisotopic (exact) mass is 379 g/mol. The molecule has 2 aliphatic heterocycles. The van der Waals surface area contributed by atoms with Gasteiger partial charge in [0.05, 0.1) is 24.8 Å². The van der Waals surface area contributed by atoms with E-state index in [0.29, 0.717) is 32.7 Å². The van der Waals surface area contributed by atoms with Crippen LogP contribution in [-0.2, 0) is 14.3 Å². The lowest BCUT2D eigenvalue weighted by atomic mass is 10.0. The molecule has 2 aromatic carbocycles. The number of nitrogens with zero attached hydrogens (tertiary/aromatic N) is 2. The largest absolute Gasteiger partial charge is 0.375 e. The molecule has 4 rings (SSSR count). The Balaban J connectivity index is 1.45. The molecule has 2 aromatic rings. The first kappa shape index (κ1) is 18.7. The summed E-state index contributed by atoms with van der Waals surface area (Å²) in [5.41, 5.74) is 3.00. The van der Waals surface area contributed by atoms with E-state index in [2.05, 4.69) is 5.32 Å². The topological polar surface area (TPSA) is 61.9 Å². The second-order valence-corrected chi connectivity index (χ2v) is 7.14. The van der Waals surface area contributed by atoms with Crippen LogP contribution in [0, 0.1) is 0 Å². The molecule has 0 aliphatic carbocycles. The van der Waals surface area contributed by atoms with E-state index in [0.717, 1.165) is 23.4 Å². The lowest BCUT2D eigenvalue weighted by molar-refractivity contribution is -0.139. The van der Waals surface area contributed by atoms with Crippen LogP contribution in [-0.4, -0.2) is 62.1 Å². The molecule has 2 aliphatic rings. The average Bonchev–Trinajstić information content (AvgIpc) is 2.75. The van der Waals surface area contributed by atoms with Crippen molar-refractivity contribution in [3.8, 4) is 11.1 Å². The Hall–Kier alpha value is -2.70. The number of ether oxygens (including phenoxy) is 1. The molecule has 2 amide bonds. The summed E-state index contributed by atoms with van der Waals surface area (Å²) in [5.74, 6) is -0.0660. The normalized spacial score (nSPS) is 20.3. The molecule has 28 heavy (non-hydrogen) atoms. The van der Waals surface area contributed by atoms with Gasteiger partial charge < -0.3 is 19.9 Å². The molecule has 6 nitrogen and oxygen atoms in total. The summed E-state index contributed by atoms with van der Waals surface area (Å²) in [6, 6.07) is 18.0. The highest BCUT2D eigenvalue weighted by Crippen LogP contribution is 2.31. The molecule has 6 heteroatoms. The third-order valence-corrected chi connectivity index (χ3v) is 5.26. The van der Waals surface area contributed by atoms with Crippen molar-refractivity contribution in [1.29, 1.82) is 0 Å². The summed E-state index contributed by atoms with van der Waals surface area (Å²) in [6.07, 6.45) is 0.217. The van der Waals surface area contributed by atoms with E-state index < -0.39 is 0 Å². The number of benzene rings is 2. The predicted octanol–water partition coefficient (Wildman–Crippen LogP) is 1.91. The van der Waals surface area contributed by atoms with Gasteiger partial charge in [0.15, 0.2) is 0 Å². The van der Waals surface area contributed by atoms with Gasteiger partial charge in [-0.05, 0) is 11.6 Å². The molecule has 0 bridgehead atoms. The smallest absolute Gasteiger partial charge is 0.246 e. The number of rotatable bonds is 4. The van der Waals surface area contributed by atoms with E-state index in [1.54, 1.807) is 9.80 Å². The molecule has 1 atom stereocenters. The Morgan fingerprint density at radius 2 is 1.86 bits per heavy atom. The van der Waals surface area contributed by atoms with Crippen molar-refractivity contribution in [2.45, 2.75) is 12.5 Å². The van der Waals surface area contributed by atoms with Crippen LogP contribution in [0.3, 0.4) is 0 Å². The molecular formula is C22H25N3O3. The standard InChI is InChI=1S/C22H25N3O3/c26-21(14-18-15-23-10-13-28-18)24-11-12-25(22(27)16-24)20-9-5-4-8-19(20)17-6-2-1-3-7-17/h1-9,18,23H,10-16H2/t18-/m0/s1. The van der Waals surface area contributed by atoms with Gasteiger partial charge in [-0.15, -0.1) is 0 Å². The van der Waals surface area contributed by atoms with E-state index in [4.69, 9.17) is 4.74 Å². The van der Waals surface area contributed by atoms with Gasteiger partial charge in [0.25, 0.3) is 0 Å². The fourth-order valence-corrected chi connectivity index (χ4v) is 3.79. The zero-order chi connectivity index (χ0) is 19.3. The zero-order valence-electron chi connectivity index (χ0n) is 15.8. The maximum atomic E-state index is 12.9. The van der Waals surface area contributed by atoms with Gasteiger partial charge in [-0.2, -0.15) is 0 Å². The number of morpholine rings is 1. The van der Waals surface area contributed by atoms with Crippen molar-refractivity contribution < 1.29 is 14.3 Å². The molecule has 2 heterocycles. The number of piperazine rings is 1. The van der Waals surface area contributed by atoms with Crippen molar-refractivity contribution in [2.24, 2.45) is 0 Å². The van der Waals surface area contributed by atoms with Gasteiger partial charge in [0, 0.05) is 31.7 Å². The second kappa shape index (κ2) is 8.54. The molecule has 0 spiro atoms. The Labute approximate surface area is 165 Å². The van der Waals surface area contributed by atoms with Crippen LogP contribution < -0.4 is 10.2 Å². The van der Waals surface area contributed by atoms with E-state index in [9.17, 15) is 9.59 Å². The summed E-state index contributed by atoms with van der Waals surface area (Å²) < 4.78 is 5.62. The van der Waals surface area contributed by atoms with Crippen molar-refractivity contribution in [1.82, 2.24) is 10.2 Å². The number of anilines is 1. The van der Waals surface area contributed by atoms with Crippen molar-refractivity contribution in [2.75, 3.05) is 44.2 Å². The van der Waals surface area contributed by atoms with E-state index >= 15 is 0 Å². The van der Waals surface area contributed by atoms with Gasteiger partial charge >= 0.3 is 0 Å². The maximum Gasteiger partial charge on any atom is 0.246 e. The summed E-state index contributed by atoms with van der Waals surface area (Å²) in [6.45, 7) is 3.28. The highest BCUT2D eigenvalue weighted by atomic mass is 16.5. The summed E-state index contributed by atoms with van der Waals surface area (Å²) >= 11 is 0. The highest BCUT2D eigenvalue weighted by molar-refractivity contribution is 6.01. The highest BCUT2D eigenvalue weighted by Gasteiger charge is 2.30. The van der Waals surface area contributed by atoms with Crippen molar-refractivity contribution in [3.63, 3.8) is 0 Å². The van der Waals surface area contributed by atoms with Gasteiger partial charge in [0.1, 0.15) is 6.54 Å². The fourth-order valence-electron chi connectivity index (χ4n) is 3.79. The summed E-state index contributed by atoms with van der Waals surface area (Å²) in [7, 11) is 0. The number of carbonyl (C=O) groups is 2. The van der Waals surface area contributed by atoms with Crippen LogP contribution in [0.5, 0.6) is 0 Å². The minimum Gasteiger partial charge on any atom is -0.375 e. The van der Waals surface area contributed by atoms with Crippen LogP contribution >= 0.6 is 0 Å². The number of para-hydroxylation sites is 1. The molecule has 0 unspecified atom stereocenters. The molecule has 2 fully saturated rings. The first-order chi connectivity index (χ1) is 13.7. The van der Waals surface area contributed by atoms with Crippen LogP contribution in [0.15, 0.2) is 54.6 Å². The quantitative estimate of drug-likeness (QED) is 0.882. The van der Waals surface area contributed by atoms with Gasteiger partial charge in [-0.25, -0.2) is 0 Å². The number of hydrogen-bond acceptors (Lipinski definition) is 4. The van der Waals surface area contributed by atoms with Gasteiger partial charge in [-0.3, -0.25) is 9.59 Å². The summed E-state index contributed by atoms with van der Waals surface area (Å²) in [4.78, 5) is 28.9. The molecule has 1 N–H and O–H groups in total. The molecule has 2 saturated heterocycles. The van der Waals surface area contributed by atoms with E-state index in [1.165, 1.54) is 0 Å². The first-order valence-corrected chi connectivity index (χ1v) is 9.77. The minimum atomic E-state index is -0.104. The van der Waals surface area contributed by atoms with Crippen LogP contribution in [0.2, 0.25) is 0 Å². The number of nitrogens with one attached hydrogen (secondary N) is 1. The third kappa shape index (κ3) is 4.08.